The number of ether oxygens (including phenoxy) is 1. The van der Waals surface area contributed by atoms with Crippen LogP contribution in [0.25, 0.3) is 11.4 Å². The molecule has 0 spiro atoms. The van der Waals surface area contributed by atoms with E-state index in [-0.39, 0.29) is 5.82 Å². The summed E-state index contributed by atoms with van der Waals surface area (Å²) >= 11 is 3.31. The monoisotopic (exact) mass is 348 g/mol. The van der Waals surface area contributed by atoms with E-state index >= 15 is 0 Å². The molecule has 0 radical (unpaired) electrons. The molecule has 1 aromatic carbocycles. The van der Waals surface area contributed by atoms with Crippen LogP contribution in [0.4, 0.5) is 13.2 Å². The second-order valence-corrected chi connectivity index (χ2v) is 5.05. The largest absolute Gasteiger partial charge is 0.493 e. The zero-order chi connectivity index (χ0) is 14.9. The van der Waals surface area contributed by atoms with Gasteiger partial charge >= 0.3 is 6.18 Å². The first kappa shape index (κ1) is 14.9. The molecule has 0 saturated heterocycles. The molecule has 0 aliphatic carbocycles. The van der Waals surface area contributed by atoms with Gasteiger partial charge in [0.15, 0.2) is 5.69 Å². The summed E-state index contributed by atoms with van der Waals surface area (Å²) in [4.78, 5) is 3.67. The molecule has 108 valence electrons. The van der Waals surface area contributed by atoms with Gasteiger partial charge in [-0.3, -0.25) is 0 Å². The summed E-state index contributed by atoms with van der Waals surface area (Å²) in [5.74, 6) is 0.706. The molecule has 1 heterocycles. The highest BCUT2D eigenvalue weighted by Gasteiger charge is 2.34. The van der Waals surface area contributed by atoms with Crippen LogP contribution in [0.2, 0.25) is 0 Å². The smallest absolute Gasteiger partial charge is 0.434 e. The molecular weight excluding hydrogens is 337 g/mol. The highest BCUT2D eigenvalue weighted by Crippen LogP contribution is 2.35. The summed E-state index contributed by atoms with van der Waals surface area (Å²) in [6.45, 7) is 2.23. The number of aromatic nitrogens is 2. The normalized spacial score (nSPS) is 11.7. The average molecular weight is 349 g/mol. The van der Waals surface area contributed by atoms with E-state index in [0.717, 1.165) is 10.7 Å². The molecule has 7 heteroatoms. The minimum Gasteiger partial charge on any atom is -0.493 e. The molecule has 0 N–H and O–H groups in total. The number of imidazole rings is 1. The molecule has 1 aromatic heterocycles. The third kappa shape index (κ3) is 2.98. The SMILES string of the molecule is CCOc1cc(Br)ccc1-c1nc(C(F)(F)F)cn1C. The average Bonchev–Trinajstić information content (AvgIpc) is 2.72. The fourth-order valence-electron chi connectivity index (χ4n) is 1.81. The van der Waals surface area contributed by atoms with E-state index < -0.39 is 11.9 Å². The van der Waals surface area contributed by atoms with Crippen LogP contribution < -0.4 is 4.74 Å². The zero-order valence-electron chi connectivity index (χ0n) is 10.8. The second kappa shape index (κ2) is 5.47. The Labute approximate surface area is 122 Å². The fraction of sp³-hybridized carbons (Fsp3) is 0.308. The Morgan fingerprint density at radius 2 is 2.05 bits per heavy atom. The van der Waals surface area contributed by atoms with E-state index in [1.54, 1.807) is 18.2 Å². The van der Waals surface area contributed by atoms with E-state index in [1.807, 2.05) is 6.92 Å². The minimum atomic E-state index is -4.46. The Morgan fingerprint density at radius 1 is 1.35 bits per heavy atom. The van der Waals surface area contributed by atoms with Gasteiger partial charge in [-0.2, -0.15) is 13.2 Å². The molecule has 2 rings (SSSR count). The lowest BCUT2D eigenvalue weighted by molar-refractivity contribution is -0.140. The molecule has 3 nitrogen and oxygen atoms in total. The summed E-state index contributed by atoms with van der Waals surface area (Å²) in [7, 11) is 1.52. The van der Waals surface area contributed by atoms with Crippen molar-refractivity contribution in [2.24, 2.45) is 7.05 Å². The zero-order valence-corrected chi connectivity index (χ0v) is 12.4. The fourth-order valence-corrected chi connectivity index (χ4v) is 2.15. The molecule has 0 bridgehead atoms. The molecular formula is C13H12BrF3N2O. The molecule has 0 atom stereocenters. The van der Waals surface area contributed by atoms with Crippen LogP contribution in [0.3, 0.4) is 0 Å². The van der Waals surface area contributed by atoms with E-state index in [4.69, 9.17) is 4.74 Å². The second-order valence-electron chi connectivity index (χ2n) is 4.13. The lowest BCUT2D eigenvalue weighted by Crippen LogP contribution is -2.05. The van der Waals surface area contributed by atoms with Gasteiger partial charge in [0.05, 0.1) is 12.2 Å². The van der Waals surface area contributed by atoms with Gasteiger partial charge in [-0.05, 0) is 25.1 Å². The Hall–Kier alpha value is -1.50. The van der Waals surface area contributed by atoms with Gasteiger partial charge in [-0.25, -0.2) is 4.98 Å². The van der Waals surface area contributed by atoms with Gasteiger partial charge in [-0.1, -0.05) is 15.9 Å². The lowest BCUT2D eigenvalue weighted by atomic mass is 10.2. The summed E-state index contributed by atoms with van der Waals surface area (Å²) in [5.41, 5.74) is -0.395. The molecule has 0 aliphatic rings. The first-order chi connectivity index (χ1) is 9.32. The summed E-state index contributed by atoms with van der Waals surface area (Å²) in [6, 6.07) is 5.12. The number of hydrogen-bond acceptors (Lipinski definition) is 2. The van der Waals surface area contributed by atoms with Gasteiger partial charge in [-0.15, -0.1) is 0 Å². The van der Waals surface area contributed by atoms with Gasteiger partial charge in [0.2, 0.25) is 0 Å². The van der Waals surface area contributed by atoms with Gasteiger partial charge in [0.25, 0.3) is 0 Å². The van der Waals surface area contributed by atoms with Crippen molar-refractivity contribution in [1.82, 2.24) is 9.55 Å². The highest BCUT2D eigenvalue weighted by atomic mass is 79.9. The highest BCUT2D eigenvalue weighted by molar-refractivity contribution is 9.10. The minimum absolute atomic E-state index is 0.216. The topological polar surface area (TPSA) is 27.1 Å². The van der Waals surface area contributed by atoms with Crippen molar-refractivity contribution < 1.29 is 17.9 Å². The van der Waals surface area contributed by atoms with Crippen LogP contribution >= 0.6 is 15.9 Å². The maximum atomic E-state index is 12.7. The number of nitrogens with zero attached hydrogens (tertiary/aromatic N) is 2. The predicted molar refractivity (Wildman–Crippen MR) is 72.5 cm³/mol. The Bertz CT molecular complexity index is 623. The quantitative estimate of drug-likeness (QED) is 0.828. The van der Waals surface area contributed by atoms with Crippen LogP contribution in [-0.2, 0) is 13.2 Å². The molecule has 0 unspecified atom stereocenters. The summed E-state index contributed by atoms with van der Waals surface area (Å²) in [5, 5.41) is 0. The number of halogens is 4. The number of hydrogen-bond donors (Lipinski definition) is 0. The van der Waals surface area contributed by atoms with Crippen molar-refractivity contribution in [2.75, 3.05) is 6.61 Å². The first-order valence-corrected chi connectivity index (χ1v) is 6.65. The maximum absolute atomic E-state index is 12.7. The van der Waals surface area contributed by atoms with Crippen molar-refractivity contribution in [3.63, 3.8) is 0 Å². The van der Waals surface area contributed by atoms with Crippen LogP contribution in [0.1, 0.15) is 12.6 Å². The molecule has 0 saturated carbocycles. The van der Waals surface area contributed by atoms with Crippen LogP contribution in [0.5, 0.6) is 5.75 Å². The lowest BCUT2D eigenvalue weighted by Gasteiger charge is -2.10. The standard InChI is InChI=1S/C13H12BrF3N2O/c1-3-20-10-6-8(14)4-5-9(10)12-18-11(7-19(12)2)13(15,16)17/h4-7H,3H2,1-2H3. The van der Waals surface area contributed by atoms with Crippen LogP contribution in [0.15, 0.2) is 28.9 Å². The van der Waals surface area contributed by atoms with Crippen LogP contribution in [0, 0.1) is 0 Å². The Kier molecular flexibility index (Phi) is 4.08. The van der Waals surface area contributed by atoms with Gasteiger partial charge in [0, 0.05) is 17.7 Å². The van der Waals surface area contributed by atoms with E-state index in [9.17, 15) is 13.2 Å². The molecule has 20 heavy (non-hydrogen) atoms. The molecule has 2 aromatic rings. The van der Waals surface area contributed by atoms with Crippen molar-refractivity contribution in [3.05, 3.63) is 34.6 Å². The van der Waals surface area contributed by atoms with Crippen molar-refractivity contribution in [2.45, 2.75) is 13.1 Å². The van der Waals surface area contributed by atoms with Gasteiger partial charge in [0.1, 0.15) is 11.6 Å². The third-order valence-electron chi connectivity index (χ3n) is 2.65. The first-order valence-electron chi connectivity index (χ1n) is 5.86. The summed E-state index contributed by atoms with van der Waals surface area (Å²) in [6.07, 6.45) is -3.50. The molecule has 0 aliphatic heterocycles. The predicted octanol–water partition coefficient (Wildman–Crippen LogP) is 4.27. The van der Waals surface area contributed by atoms with E-state index in [0.29, 0.717) is 17.9 Å². The Morgan fingerprint density at radius 3 is 2.60 bits per heavy atom. The van der Waals surface area contributed by atoms with Crippen LogP contribution in [-0.4, -0.2) is 16.2 Å². The number of alkyl halides is 3. The van der Waals surface area contributed by atoms with Crippen molar-refractivity contribution in [3.8, 4) is 17.1 Å². The summed E-state index contributed by atoms with van der Waals surface area (Å²) < 4.78 is 45.7. The van der Waals surface area contributed by atoms with Crippen molar-refractivity contribution >= 4 is 15.9 Å². The number of aryl methyl sites for hydroxylation is 1. The maximum Gasteiger partial charge on any atom is 0.434 e. The number of rotatable bonds is 3. The van der Waals surface area contributed by atoms with Crippen molar-refractivity contribution in [1.29, 1.82) is 0 Å². The van der Waals surface area contributed by atoms with E-state index in [1.165, 1.54) is 11.6 Å². The number of benzene rings is 1. The van der Waals surface area contributed by atoms with Gasteiger partial charge < -0.3 is 9.30 Å². The molecule has 0 fully saturated rings. The Balaban J connectivity index is 2.54. The van der Waals surface area contributed by atoms with E-state index in [2.05, 4.69) is 20.9 Å². The third-order valence-corrected chi connectivity index (χ3v) is 3.14. The molecule has 0 amide bonds.